The Labute approximate surface area is 116 Å². The normalized spacial score (nSPS) is 10.7. The minimum atomic E-state index is -0.179. The van der Waals surface area contributed by atoms with Crippen LogP contribution < -0.4 is 0 Å². The summed E-state index contributed by atoms with van der Waals surface area (Å²) in [6.07, 6.45) is 5.34. The average molecular weight is 267 g/mol. The van der Waals surface area contributed by atoms with E-state index >= 15 is 0 Å². The van der Waals surface area contributed by atoms with Crippen LogP contribution >= 0.6 is 0 Å². The standard InChI is InChI=1S/C16H14FN3/c1-12-5-6-13(10-14(12)17)11-20-9-8-19-16(20)15-4-2-3-7-18-15/h2-10H,11H2,1H3. The minimum absolute atomic E-state index is 0.179. The van der Waals surface area contributed by atoms with Gasteiger partial charge in [-0.1, -0.05) is 18.2 Å². The highest BCUT2D eigenvalue weighted by Crippen LogP contribution is 2.17. The highest BCUT2D eigenvalue weighted by Gasteiger charge is 2.08. The Morgan fingerprint density at radius 1 is 1.10 bits per heavy atom. The lowest BCUT2D eigenvalue weighted by Crippen LogP contribution is -2.02. The van der Waals surface area contributed by atoms with E-state index in [2.05, 4.69) is 9.97 Å². The van der Waals surface area contributed by atoms with E-state index in [0.717, 1.165) is 17.1 Å². The summed E-state index contributed by atoms with van der Waals surface area (Å²) >= 11 is 0. The third-order valence-corrected chi connectivity index (χ3v) is 3.20. The van der Waals surface area contributed by atoms with Crippen LogP contribution in [-0.2, 0) is 6.54 Å². The van der Waals surface area contributed by atoms with Crippen molar-refractivity contribution < 1.29 is 4.39 Å². The van der Waals surface area contributed by atoms with Crippen molar-refractivity contribution in [2.75, 3.05) is 0 Å². The molecule has 0 N–H and O–H groups in total. The second-order valence-corrected chi connectivity index (χ2v) is 4.68. The summed E-state index contributed by atoms with van der Waals surface area (Å²) in [5.41, 5.74) is 2.37. The van der Waals surface area contributed by atoms with Crippen LogP contribution in [0.1, 0.15) is 11.1 Å². The van der Waals surface area contributed by atoms with Gasteiger partial charge in [0, 0.05) is 25.1 Å². The molecule has 1 aromatic carbocycles. The van der Waals surface area contributed by atoms with E-state index in [1.807, 2.05) is 35.0 Å². The molecule has 3 aromatic rings. The zero-order valence-corrected chi connectivity index (χ0v) is 11.1. The van der Waals surface area contributed by atoms with Crippen molar-refractivity contribution in [3.05, 3.63) is 71.9 Å². The molecule has 0 amide bonds. The van der Waals surface area contributed by atoms with Gasteiger partial charge >= 0.3 is 0 Å². The molecule has 0 aliphatic carbocycles. The van der Waals surface area contributed by atoms with Crippen molar-refractivity contribution in [2.45, 2.75) is 13.5 Å². The van der Waals surface area contributed by atoms with Gasteiger partial charge in [-0.25, -0.2) is 9.37 Å². The fourth-order valence-electron chi connectivity index (χ4n) is 2.10. The maximum atomic E-state index is 13.6. The van der Waals surface area contributed by atoms with Crippen LogP contribution in [0.3, 0.4) is 0 Å². The second-order valence-electron chi connectivity index (χ2n) is 4.68. The molecule has 4 heteroatoms. The van der Waals surface area contributed by atoms with Gasteiger partial charge in [0.2, 0.25) is 0 Å². The number of aryl methyl sites for hydroxylation is 1. The van der Waals surface area contributed by atoms with Crippen molar-refractivity contribution in [3.8, 4) is 11.5 Å². The number of rotatable bonds is 3. The van der Waals surface area contributed by atoms with Crippen molar-refractivity contribution >= 4 is 0 Å². The zero-order valence-electron chi connectivity index (χ0n) is 11.1. The molecule has 3 nitrogen and oxygen atoms in total. The fraction of sp³-hybridized carbons (Fsp3) is 0.125. The molecule has 0 aliphatic heterocycles. The number of hydrogen-bond donors (Lipinski definition) is 0. The minimum Gasteiger partial charge on any atom is -0.325 e. The fourth-order valence-corrected chi connectivity index (χ4v) is 2.10. The van der Waals surface area contributed by atoms with Gasteiger partial charge < -0.3 is 4.57 Å². The highest BCUT2D eigenvalue weighted by molar-refractivity contribution is 5.49. The van der Waals surface area contributed by atoms with Crippen LogP contribution in [0.5, 0.6) is 0 Å². The van der Waals surface area contributed by atoms with Crippen LogP contribution in [0.4, 0.5) is 4.39 Å². The van der Waals surface area contributed by atoms with E-state index in [9.17, 15) is 4.39 Å². The molecule has 0 spiro atoms. The summed E-state index contributed by atoms with van der Waals surface area (Å²) in [6.45, 7) is 2.33. The maximum Gasteiger partial charge on any atom is 0.158 e. The molecule has 0 unspecified atom stereocenters. The lowest BCUT2D eigenvalue weighted by molar-refractivity contribution is 0.614. The first kappa shape index (κ1) is 12.5. The van der Waals surface area contributed by atoms with E-state index < -0.39 is 0 Å². The topological polar surface area (TPSA) is 30.7 Å². The molecule has 0 atom stereocenters. The van der Waals surface area contributed by atoms with Crippen molar-refractivity contribution in [3.63, 3.8) is 0 Å². The quantitative estimate of drug-likeness (QED) is 0.727. The highest BCUT2D eigenvalue weighted by atomic mass is 19.1. The van der Waals surface area contributed by atoms with Gasteiger partial charge in [-0.15, -0.1) is 0 Å². The van der Waals surface area contributed by atoms with Gasteiger partial charge in [-0.3, -0.25) is 4.98 Å². The molecular formula is C16H14FN3. The molecule has 0 fully saturated rings. The summed E-state index contributed by atoms with van der Waals surface area (Å²) < 4.78 is 15.6. The summed E-state index contributed by atoms with van der Waals surface area (Å²) in [5, 5.41) is 0. The lowest BCUT2D eigenvalue weighted by atomic mass is 10.1. The predicted molar refractivity (Wildman–Crippen MR) is 75.7 cm³/mol. The molecule has 0 bridgehead atoms. The number of pyridine rings is 1. The number of hydrogen-bond acceptors (Lipinski definition) is 2. The summed E-state index contributed by atoms with van der Waals surface area (Å²) in [7, 11) is 0. The van der Waals surface area contributed by atoms with E-state index in [1.54, 1.807) is 31.5 Å². The molecule has 100 valence electrons. The van der Waals surface area contributed by atoms with Crippen molar-refractivity contribution in [1.29, 1.82) is 0 Å². The molecule has 0 saturated heterocycles. The molecule has 20 heavy (non-hydrogen) atoms. The van der Waals surface area contributed by atoms with Gasteiger partial charge in [-0.05, 0) is 36.2 Å². The zero-order chi connectivity index (χ0) is 13.9. The van der Waals surface area contributed by atoms with Gasteiger partial charge in [0.15, 0.2) is 5.82 Å². The van der Waals surface area contributed by atoms with Crippen LogP contribution in [0.2, 0.25) is 0 Å². The van der Waals surface area contributed by atoms with Crippen LogP contribution in [0.25, 0.3) is 11.5 Å². The number of imidazole rings is 1. The SMILES string of the molecule is Cc1ccc(Cn2ccnc2-c2ccccn2)cc1F. The largest absolute Gasteiger partial charge is 0.325 e. The summed E-state index contributed by atoms with van der Waals surface area (Å²) in [4.78, 5) is 8.63. The second kappa shape index (κ2) is 5.25. The third-order valence-electron chi connectivity index (χ3n) is 3.20. The molecule has 3 rings (SSSR count). The van der Waals surface area contributed by atoms with Crippen LogP contribution in [0.15, 0.2) is 55.0 Å². The van der Waals surface area contributed by atoms with E-state index in [-0.39, 0.29) is 5.82 Å². The number of nitrogens with zero attached hydrogens (tertiary/aromatic N) is 3. The van der Waals surface area contributed by atoms with Crippen LogP contribution in [0, 0.1) is 12.7 Å². The monoisotopic (exact) mass is 267 g/mol. The van der Waals surface area contributed by atoms with E-state index in [4.69, 9.17) is 0 Å². The van der Waals surface area contributed by atoms with Gasteiger partial charge in [0.25, 0.3) is 0 Å². The smallest absolute Gasteiger partial charge is 0.158 e. The van der Waals surface area contributed by atoms with E-state index in [1.165, 1.54) is 0 Å². The first-order valence-corrected chi connectivity index (χ1v) is 6.41. The Bertz CT molecular complexity index is 720. The molecular weight excluding hydrogens is 253 g/mol. The molecule has 0 radical (unpaired) electrons. The van der Waals surface area contributed by atoms with Crippen molar-refractivity contribution in [2.24, 2.45) is 0 Å². The van der Waals surface area contributed by atoms with E-state index in [0.29, 0.717) is 12.1 Å². The Hall–Kier alpha value is -2.49. The number of benzene rings is 1. The molecule has 2 aromatic heterocycles. The Balaban J connectivity index is 1.92. The van der Waals surface area contributed by atoms with Crippen molar-refractivity contribution in [1.82, 2.24) is 14.5 Å². The summed E-state index contributed by atoms with van der Waals surface area (Å²) in [5.74, 6) is 0.605. The summed E-state index contributed by atoms with van der Waals surface area (Å²) in [6, 6.07) is 11.0. The lowest BCUT2D eigenvalue weighted by Gasteiger charge is -2.08. The third kappa shape index (κ3) is 2.45. The molecule has 0 aliphatic rings. The molecule has 0 saturated carbocycles. The number of aromatic nitrogens is 3. The Kier molecular flexibility index (Phi) is 3.29. The van der Waals surface area contributed by atoms with Crippen LogP contribution in [-0.4, -0.2) is 14.5 Å². The Morgan fingerprint density at radius 3 is 2.75 bits per heavy atom. The van der Waals surface area contributed by atoms with Gasteiger partial charge in [-0.2, -0.15) is 0 Å². The maximum absolute atomic E-state index is 13.6. The average Bonchev–Trinajstić information content (AvgIpc) is 2.92. The first-order chi connectivity index (χ1) is 9.74. The predicted octanol–water partition coefficient (Wildman–Crippen LogP) is 3.44. The number of halogens is 1. The molecule has 2 heterocycles. The Morgan fingerprint density at radius 2 is 2.00 bits per heavy atom. The van der Waals surface area contributed by atoms with Gasteiger partial charge in [0.1, 0.15) is 11.5 Å². The van der Waals surface area contributed by atoms with Gasteiger partial charge in [0.05, 0.1) is 0 Å². The first-order valence-electron chi connectivity index (χ1n) is 6.41.